The second-order valence-corrected chi connectivity index (χ2v) is 6.84. The maximum atomic E-state index is 11.9. The molecule has 0 saturated heterocycles. The zero-order valence-electron chi connectivity index (χ0n) is 13.5. The SMILES string of the molecule is COCCNCC(=O)NC(C)c1nc(-c2ccc(Br)cc2)cs1.Cl. The molecule has 2 rings (SSSR count). The topological polar surface area (TPSA) is 63.2 Å². The highest BCUT2D eigenvalue weighted by molar-refractivity contribution is 9.10. The lowest BCUT2D eigenvalue weighted by Crippen LogP contribution is -2.36. The molecule has 0 aliphatic rings. The normalized spacial score (nSPS) is 11.6. The molecule has 1 aromatic carbocycles. The quantitative estimate of drug-likeness (QED) is 0.625. The minimum Gasteiger partial charge on any atom is -0.383 e. The first-order valence-corrected chi connectivity index (χ1v) is 8.98. The molecule has 0 saturated carbocycles. The molecule has 1 aromatic heterocycles. The number of amides is 1. The van der Waals surface area contributed by atoms with E-state index in [2.05, 4.69) is 31.5 Å². The van der Waals surface area contributed by atoms with Crippen molar-refractivity contribution in [2.45, 2.75) is 13.0 Å². The molecule has 132 valence electrons. The first kappa shape index (κ1) is 21.1. The Bertz CT molecular complexity index is 637. The summed E-state index contributed by atoms with van der Waals surface area (Å²) in [5.41, 5.74) is 1.99. The van der Waals surface area contributed by atoms with Gasteiger partial charge >= 0.3 is 0 Å². The van der Waals surface area contributed by atoms with Crippen molar-refractivity contribution in [3.63, 3.8) is 0 Å². The van der Waals surface area contributed by atoms with Crippen LogP contribution in [0.5, 0.6) is 0 Å². The van der Waals surface area contributed by atoms with Crippen LogP contribution in [0.3, 0.4) is 0 Å². The smallest absolute Gasteiger partial charge is 0.234 e. The van der Waals surface area contributed by atoms with Crippen LogP contribution in [-0.2, 0) is 9.53 Å². The summed E-state index contributed by atoms with van der Waals surface area (Å²) >= 11 is 4.98. The number of benzene rings is 1. The summed E-state index contributed by atoms with van der Waals surface area (Å²) in [5, 5.41) is 8.87. The van der Waals surface area contributed by atoms with E-state index >= 15 is 0 Å². The standard InChI is InChI=1S/C16H20BrN3O2S.ClH/c1-11(19-15(21)9-18-7-8-22-2)16-20-14(10-23-16)12-3-5-13(17)6-4-12;/h3-6,10-11,18H,7-9H2,1-2H3,(H,19,21);1H. The maximum absolute atomic E-state index is 11.9. The van der Waals surface area contributed by atoms with Crippen molar-refractivity contribution in [2.75, 3.05) is 26.8 Å². The molecule has 0 radical (unpaired) electrons. The highest BCUT2D eigenvalue weighted by Gasteiger charge is 2.13. The Balaban J connectivity index is 0.00000288. The van der Waals surface area contributed by atoms with E-state index in [1.54, 1.807) is 18.4 Å². The third-order valence-electron chi connectivity index (χ3n) is 3.18. The summed E-state index contributed by atoms with van der Waals surface area (Å²) in [7, 11) is 1.63. The Morgan fingerprint density at radius 2 is 2.08 bits per heavy atom. The van der Waals surface area contributed by atoms with Crippen LogP contribution in [0.4, 0.5) is 0 Å². The van der Waals surface area contributed by atoms with Crippen molar-refractivity contribution in [2.24, 2.45) is 0 Å². The molecule has 8 heteroatoms. The number of halogens is 2. The summed E-state index contributed by atoms with van der Waals surface area (Å²) in [6.07, 6.45) is 0. The maximum Gasteiger partial charge on any atom is 0.234 e. The van der Waals surface area contributed by atoms with Crippen molar-refractivity contribution in [3.8, 4) is 11.3 Å². The number of nitrogens with one attached hydrogen (secondary N) is 2. The van der Waals surface area contributed by atoms with Crippen LogP contribution in [-0.4, -0.2) is 37.7 Å². The molecule has 1 heterocycles. The summed E-state index contributed by atoms with van der Waals surface area (Å²) in [6, 6.07) is 7.91. The summed E-state index contributed by atoms with van der Waals surface area (Å²) in [6.45, 7) is 3.46. The summed E-state index contributed by atoms with van der Waals surface area (Å²) in [5.74, 6) is -0.0472. The van der Waals surface area contributed by atoms with E-state index in [0.29, 0.717) is 13.2 Å². The minimum atomic E-state index is -0.110. The number of carbonyl (C=O) groups is 1. The van der Waals surface area contributed by atoms with Gasteiger partial charge in [-0.2, -0.15) is 0 Å². The molecule has 2 aromatic rings. The molecular weight excluding hydrogens is 414 g/mol. The number of rotatable bonds is 8. The highest BCUT2D eigenvalue weighted by Crippen LogP contribution is 2.26. The van der Waals surface area contributed by atoms with E-state index in [9.17, 15) is 4.79 Å². The van der Waals surface area contributed by atoms with Gasteiger partial charge in [0.2, 0.25) is 5.91 Å². The van der Waals surface area contributed by atoms with E-state index in [4.69, 9.17) is 4.74 Å². The Morgan fingerprint density at radius 3 is 2.75 bits per heavy atom. The van der Waals surface area contributed by atoms with Crippen LogP contribution in [0, 0.1) is 0 Å². The Kier molecular flexibility index (Phi) is 9.46. The van der Waals surface area contributed by atoms with Crippen LogP contribution in [0.15, 0.2) is 34.1 Å². The van der Waals surface area contributed by atoms with Gasteiger partial charge in [-0.1, -0.05) is 28.1 Å². The molecule has 0 fully saturated rings. The van der Waals surface area contributed by atoms with Gasteiger partial charge in [0.15, 0.2) is 0 Å². The third-order valence-corrected chi connectivity index (χ3v) is 4.73. The van der Waals surface area contributed by atoms with Crippen molar-refractivity contribution >= 4 is 45.6 Å². The van der Waals surface area contributed by atoms with Gasteiger partial charge in [0.05, 0.1) is 24.9 Å². The van der Waals surface area contributed by atoms with Gasteiger partial charge in [-0.05, 0) is 19.1 Å². The van der Waals surface area contributed by atoms with Crippen LogP contribution in [0.2, 0.25) is 0 Å². The fraction of sp³-hybridized carbons (Fsp3) is 0.375. The average molecular weight is 435 g/mol. The first-order chi connectivity index (χ1) is 11.1. The molecule has 0 spiro atoms. The number of thiazole rings is 1. The number of ether oxygens (including phenoxy) is 1. The average Bonchev–Trinajstić information content (AvgIpc) is 3.02. The fourth-order valence-electron chi connectivity index (χ4n) is 1.97. The van der Waals surface area contributed by atoms with E-state index < -0.39 is 0 Å². The van der Waals surface area contributed by atoms with Gasteiger partial charge in [0.1, 0.15) is 5.01 Å². The predicted octanol–water partition coefficient (Wildman–Crippen LogP) is 3.41. The number of aromatic nitrogens is 1. The number of hydrogen-bond donors (Lipinski definition) is 2. The first-order valence-electron chi connectivity index (χ1n) is 7.30. The van der Waals surface area contributed by atoms with Gasteiger partial charge in [0.25, 0.3) is 0 Å². The van der Waals surface area contributed by atoms with Crippen molar-refractivity contribution in [1.82, 2.24) is 15.6 Å². The molecule has 0 bridgehead atoms. The summed E-state index contributed by atoms with van der Waals surface area (Å²) < 4.78 is 5.96. The van der Waals surface area contributed by atoms with Gasteiger partial charge < -0.3 is 15.4 Å². The van der Waals surface area contributed by atoms with Crippen LogP contribution in [0.25, 0.3) is 11.3 Å². The second-order valence-electron chi connectivity index (χ2n) is 5.04. The molecule has 2 N–H and O–H groups in total. The fourth-order valence-corrected chi connectivity index (χ4v) is 3.07. The Hall–Kier alpha value is -0.990. The van der Waals surface area contributed by atoms with Gasteiger partial charge in [-0.25, -0.2) is 4.98 Å². The van der Waals surface area contributed by atoms with Crippen molar-refractivity contribution in [1.29, 1.82) is 0 Å². The molecule has 0 aliphatic heterocycles. The van der Waals surface area contributed by atoms with Gasteiger partial charge in [-0.15, -0.1) is 23.7 Å². The molecule has 24 heavy (non-hydrogen) atoms. The largest absolute Gasteiger partial charge is 0.383 e. The number of hydrogen-bond acceptors (Lipinski definition) is 5. The minimum absolute atomic E-state index is 0. The van der Waals surface area contributed by atoms with E-state index in [0.717, 1.165) is 20.7 Å². The van der Waals surface area contributed by atoms with Gasteiger partial charge in [0, 0.05) is 29.1 Å². The third kappa shape index (κ3) is 6.49. The molecular formula is C16H21BrClN3O2S. The molecule has 0 aliphatic carbocycles. The molecule has 1 amide bonds. The van der Waals surface area contributed by atoms with Crippen LogP contribution < -0.4 is 10.6 Å². The molecule has 1 atom stereocenters. The Labute approximate surface area is 160 Å². The van der Waals surface area contributed by atoms with Crippen molar-refractivity contribution in [3.05, 3.63) is 39.1 Å². The lowest BCUT2D eigenvalue weighted by atomic mass is 10.2. The predicted molar refractivity (Wildman–Crippen MR) is 104 cm³/mol. The lowest BCUT2D eigenvalue weighted by molar-refractivity contribution is -0.120. The number of methoxy groups -OCH3 is 1. The molecule has 1 unspecified atom stereocenters. The van der Waals surface area contributed by atoms with E-state index in [1.807, 2.05) is 36.6 Å². The lowest BCUT2D eigenvalue weighted by Gasteiger charge is -2.11. The van der Waals surface area contributed by atoms with E-state index in [-0.39, 0.29) is 30.9 Å². The number of nitrogens with zero attached hydrogens (tertiary/aromatic N) is 1. The monoisotopic (exact) mass is 433 g/mol. The zero-order chi connectivity index (χ0) is 16.7. The second kappa shape index (κ2) is 10.8. The van der Waals surface area contributed by atoms with Crippen molar-refractivity contribution < 1.29 is 9.53 Å². The van der Waals surface area contributed by atoms with Crippen LogP contribution in [0.1, 0.15) is 18.0 Å². The Morgan fingerprint density at radius 1 is 1.38 bits per heavy atom. The van der Waals surface area contributed by atoms with Crippen LogP contribution >= 0.6 is 39.7 Å². The summed E-state index contributed by atoms with van der Waals surface area (Å²) in [4.78, 5) is 16.5. The molecule has 5 nitrogen and oxygen atoms in total. The zero-order valence-corrected chi connectivity index (χ0v) is 16.8. The number of carbonyl (C=O) groups excluding carboxylic acids is 1. The van der Waals surface area contributed by atoms with E-state index in [1.165, 1.54) is 0 Å². The highest BCUT2D eigenvalue weighted by atomic mass is 79.9. The van der Waals surface area contributed by atoms with Gasteiger partial charge in [-0.3, -0.25) is 4.79 Å².